The number of hydrogen-bond acceptors (Lipinski definition) is 2. The zero-order chi connectivity index (χ0) is 22.5. The maximum absolute atomic E-state index is 14.9. The van der Waals surface area contributed by atoms with Crippen LogP contribution < -0.4 is 0 Å². The van der Waals surface area contributed by atoms with Crippen LogP contribution in [0.5, 0.6) is 0 Å². The van der Waals surface area contributed by atoms with E-state index in [0.717, 1.165) is 31.5 Å². The van der Waals surface area contributed by atoms with Crippen molar-refractivity contribution in [2.75, 3.05) is 6.54 Å². The summed E-state index contributed by atoms with van der Waals surface area (Å²) in [5.74, 6) is 0. The minimum atomic E-state index is -1.27. The Balaban J connectivity index is 0.000000858. The third-order valence-electron chi connectivity index (χ3n) is 6.30. The highest BCUT2D eigenvalue weighted by Crippen LogP contribution is 2.58. The van der Waals surface area contributed by atoms with E-state index in [9.17, 15) is 8.78 Å². The van der Waals surface area contributed by atoms with Crippen molar-refractivity contribution in [2.24, 2.45) is 0 Å². The lowest BCUT2D eigenvalue weighted by atomic mass is 9.93. The monoisotopic (exact) mass is 424 g/mol. The molecule has 4 heteroatoms. The van der Waals surface area contributed by atoms with Crippen LogP contribution in [-0.2, 0) is 24.3 Å². The Hall–Kier alpha value is -2.25. The largest absolute Gasteiger partial charge is 0.297 e. The number of alkyl halides is 2. The first-order chi connectivity index (χ1) is 14.8. The van der Waals surface area contributed by atoms with E-state index in [0.29, 0.717) is 42.9 Å². The molecule has 0 radical (unpaired) electrons. The first kappa shape index (κ1) is 23.4. The molecule has 2 aromatic rings. The van der Waals surface area contributed by atoms with E-state index in [1.165, 1.54) is 12.5 Å². The molecule has 2 aromatic carbocycles. The minimum Gasteiger partial charge on any atom is -0.297 e. The molecule has 0 aliphatic heterocycles. The van der Waals surface area contributed by atoms with Gasteiger partial charge in [0.05, 0.1) is 6.07 Å². The molecule has 2 nitrogen and oxygen atoms in total. The second-order valence-corrected chi connectivity index (χ2v) is 9.19. The SMILES string of the molecule is CC#N.CC(C)N(CCCc1ccc(C2(F)CC2)c(C2(F)CC2)c1)Cc1ccccc1. The number of benzene rings is 2. The molecule has 2 fully saturated rings. The highest BCUT2D eigenvalue weighted by atomic mass is 19.1. The first-order valence-electron chi connectivity index (χ1n) is 11.4. The normalized spacial score (nSPS) is 17.6. The van der Waals surface area contributed by atoms with E-state index in [4.69, 9.17) is 5.26 Å². The molecule has 0 bridgehead atoms. The molecule has 0 amide bonds. The number of halogens is 2. The van der Waals surface area contributed by atoms with Gasteiger partial charge in [0.15, 0.2) is 0 Å². The number of aryl methyl sites for hydroxylation is 1. The Morgan fingerprint density at radius 1 is 0.935 bits per heavy atom. The maximum Gasteiger partial charge on any atom is 0.136 e. The van der Waals surface area contributed by atoms with Crippen LogP contribution in [0, 0.1) is 11.3 Å². The molecule has 0 spiro atoms. The molecular formula is C27H34F2N2. The highest BCUT2D eigenvalue weighted by molar-refractivity contribution is 5.44. The second kappa shape index (κ2) is 9.92. The van der Waals surface area contributed by atoms with Gasteiger partial charge in [0.1, 0.15) is 11.3 Å². The van der Waals surface area contributed by atoms with Gasteiger partial charge in [-0.2, -0.15) is 5.26 Å². The Kier molecular flexibility index (Phi) is 7.49. The number of rotatable bonds is 9. The summed E-state index contributed by atoms with van der Waals surface area (Å²) in [6.07, 6.45) is 4.08. The predicted molar refractivity (Wildman–Crippen MR) is 122 cm³/mol. The van der Waals surface area contributed by atoms with Crippen molar-refractivity contribution < 1.29 is 8.78 Å². The van der Waals surface area contributed by atoms with Gasteiger partial charge in [-0.1, -0.05) is 48.5 Å². The average molecular weight is 425 g/mol. The smallest absolute Gasteiger partial charge is 0.136 e. The van der Waals surface area contributed by atoms with E-state index in [1.807, 2.05) is 24.3 Å². The van der Waals surface area contributed by atoms with Crippen LogP contribution >= 0.6 is 0 Å². The molecular weight excluding hydrogens is 390 g/mol. The fourth-order valence-corrected chi connectivity index (χ4v) is 4.09. The molecule has 0 N–H and O–H groups in total. The van der Waals surface area contributed by atoms with Gasteiger partial charge in [-0.25, -0.2) is 8.78 Å². The van der Waals surface area contributed by atoms with Crippen LogP contribution in [-0.4, -0.2) is 17.5 Å². The zero-order valence-electron chi connectivity index (χ0n) is 19.0. The zero-order valence-corrected chi connectivity index (χ0v) is 19.0. The average Bonchev–Trinajstić information content (AvgIpc) is 3.68. The van der Waals surface area contributed by atoms with Gasteiger partial charge in [-0.3, -0.25) is 4.90 Å². The summed E-state index contributed by atoms with van der Waals surface area (Å²) < 4.78 is 29.5. The van der Waals surface area contributed by atoms with Crippen LogP contribution in [0.1, 0.15) is 75.1 Å². The van der Waals surface area contributed by atoms with Gasteiger partial charge in [0.25, 0.3) is 0 Å². The lowest BCUT2D eigenvalue weighted by Crippen LogP contribution is -2.31. The van der Waals surface area contributed by atoms with E-state index >= 15 is 0 Å². The molecule has 0 unspecified atom stereocenters. The van der Waals surface area contributed by atoms with Crippen LogP contribution in [0.4, 0.5) is 8.78 Å². The number of hydrogen-bond donors (Lipinski definition) is 0. The molecule has 2 aliphatic carbocycles. The molecule has 0 aromatic heterocycles. The summed E-state index contributed by atoms with van der Waals surface area (Å²) in [5.41, 5.74) is 1.17. The van der Waals surface area contributed by atoms with Gasteiger partial charge in [0.2, 0.25) is 0 Å². The summed E-state index contributed by atoms with van der Waals surface area (Å²) in [4.78, 5) is 2.48. The summed E-state index contributed by atoms with van der Waals surface area (Å²) in [5, 5.41) is 7.32. The first-order valence-corrected chi connectivity index (χ1v) is 11.4. The van der Waals surface area contributed by atoms with E-state index < -0.39 is 11.3 Å². The van der Waals surface area contributed by atoms with Gasteiger partial charge >= 0.3 is 0 Å². The molecule has 166 valence electrons. The van der Waals surface area contributed by atoms with E-state index in [1.54, 1.807) is 6.07 Å². The lowest BCUT2D eigenvalue weighted by Gasteiger charge is -2.26. The topological polar surface area (TPSA) is 27.0 Å². The molecule has 2 saturated carbocycles. The lowest BCUT2D eigenvalue weighted by molar-refractivity contribution is 0.210. The third-order valence-corrected chi connectivity index (χ3v) is 6.30. The van der Waals surface area contributed by atoms with Crippen molar-refractivity contribution in [3.63, 3.8) is 0 Å². The summed E-state index contributed by atoms with van der Waals surface area (Å²) in [7, 11) is 0. The van der Waals surface area contributed by atoms with Crippen molar-refractivity contribution in [3.05, 3.63) is 70.8 Å². The summed E-state index contributed by atoms with van der Waals surface area (Å²) in [6, 6.07) is 18.6. The third kappa shape index (κ3) is 6.14. The Bertz CT molecular complexity index is 893. The molecule has 0 heterocycles. The van der Waals surface area contributed by atoms with Crippen molar-refractivity contribution >= 4 is 0 Å². The Labute approximate surface area is 185 Å². The van der Waals surface area contributed by atoms with Crippen LogP contribution in [0.2, 0.25) is 0 Å². The van der Waals surface area contributed by atoms with Crippen LogP contribution in [0.25, 0.3) is 0 Å². The maximum atomic E-state index is 14.9. The van der Waals surface area contributed by atoms with Gasteiger partial charge < -0.3 is 0 Å². The van der Waals surface area contributed by atoms with Gasteiger partial charge in [-0.05, 0) is 81.2 Å². The van der Waals surface area contributed by atoms with Gasteiger partial charge in [-0.15, -0.1) is 0 Å². The summed E-state index contributed by atoms with van der Waals surface area (Å²) in [6.45, 7) is 7.83. The van der Waals surface area contributed by atoms with Crippen molar-refractivity contribution in [1.82, 2.24) is 4.90 Å². The van der Waals surface area contributed by atoms with E-state index in [-0.39, 0.29) is 0 Å². The Morgan fingerprint density at radius 2 is 1.52 bits per heavy atom. The number of nitrogens with zero attached hydrogens (tertiary/aromatic N) is 2. The molecule has 0 saturated heterocycles. The summed E-state index contributed by atoms with van der Waals surface area (Å²) >= 11 is 0. The van der Waals surface area contributed by atoms with Crippen LogP contribution in [0.3, 0.4) is 0 Å². The van der Waals surface area contributed by atoms with Crippen molar-refractivity contribution in [1.29, 1.82) is 5.26 Å². The van der Waals surface area contributed by atoms with Gasteiger partial charge in [0, 0.05) is 19.5 Å². The van der Waals surface area contributed by atoms with Crippen LogP contribution in [0.15, 0.2) is 48.5 Å². The van der Waals surface area contributed by atoms with Crippen molar-refractivity contribution in [3.8, 4) is 6.07 Å². The molecule has 31 heavy (non-hydrogen) atoms. The quantitative estimate of drug-likeness (QED) is 0.434. The van der Waals surface area contributed by atoms with E-state index in [2.05, 4.69) is 43.0 Å². The fraction of sp³-hybridized carbons (Fsp3) is 0.519. The van der Waals surface area contributed by atoms with Crippen molar-refractivity contribution in [2.45, 2.75) is 83.2 Å². The Morgan fingerprint density at radius 3 is 2.06 bits per heavy atom. The minimum absolute atomic E-state index is 0.472. The number of nitriles is 1. The highest BCUT2D eigenvalue weighted by Gasteiger charge is 2.53. The fourth-order valence-electron chi connectivity index (χ4n) is 4.09. The standard InChI is InChI=1S/C25H31F2N.C2H3N/c1-19(2)28(18-21-7-4-3-5-8-21)16-6-9-20-10-11-22(24(26)12-13-24)23(17-20)25(27)14-15-25;1-2-3/h3-5,7-8,10-11,17,19H,6,9,12-16,18H2,1-2H3;1H3. The molecule has 4 rings (SSSR count). The predicted octanol–water partition coefficient (Wildman–Crippen LogP) is 6.98. The molecule has 2 aliphatic rings. The molecule has 0 atom stereocenters. The second-order valence-electron chi connectivity index (χ2n) is 9.19.